The van der Waals surface area contributed by atoms with Crippen molar-refractivity contribution in [1.29, 1.82) is 0 Å². The molecule has 3 rings (SSSR count). The van der Waals surface area contributed by atoms with E-state index in [9.17, 15) is 4.79 Å². The van der Waals surface area contributed by atoms with Gasteiger partial charge in [-0.15, -0.1) is 10.2 Å². The van der Waals surface area contributed by atoms with Crippen LogP contribution in [-0.4, -0.2) is 33.5 Å². The zero-order chi connectivity index (χ0) is 19.2. The number of methoxy groups -OCH3 is 1. The van der Waals surface area contributed by atoms with Gasteiger partial charge in [0.1, 0.15) is 5.75 Å². The van der Waals surface area contributed by atoms with Crippen LogP contribution in [0, 0.1) is 0 Å². The second-order valence-electron chi connectivity index (χ2n) is 5.79. The molecule has 0 bridgehead atoms. The number of hydrogen-bond donors (Lipinski definition) is 1. The van der Waals surface area contributed by atoms with Crippen LogP contribution in [0.5, 0.6) is 5.75 Å². The van der Waals surface area contributed by atoms with Crippen LogP contribution < -0.4 is 10.1 Å². The van der Waals surface area contributed by atoms with E-state index in [0.29, 0.717) is 16.7 Å². The summed E-state index contributed by atoms with van der Waals surface area (Å²) in [5, 5.41) is 12.7. The fourth-order valence-electron chi connectivity index (χ4n) is 2.42. The van der Waals surface area contributed by atoms with Crippen molar-refractivity contribution in [2.24, 2.45) is 7.05 Å². The van der Waals surface area contributed by atoms with Crippen LogP contribution in [0.15, 0.2) is 53.7 Å². The summed E-state index contributed by atoms with van der Waals surface area (Å²) in [6, 6.07) is 15.0. The lowest BCUT2D eigenvalue weighted by atomic mass is 10.2. The molecule has 0 unspecified atom stereocenters. The largest absolute Gasteiger partial charge is 0.497 e. The molecule has 140 valence electrons. The molecule has 0 spiro atoms. The van der Waals surface area contributed by atoms with Crippen LogP contribution in [0.2, 0.25) is 5.02 Å². The van der Waals surface area contributed by atoms with Gasteiger partial charge in [0.05, 0.1) is 12.9 Å². The third-order valence-corrected chi connectivity index (χ3v) is 5.19. The molecule has 0 saturated heterocycles. The molecule has 0 saturated carbocycles. The zero-order valence-corrected chi connectivity index (χ0v) is 16.5. The molecular formula is C19H19ClN4O2S. The van der Waals surface area contributed by atoms with Gasteiger partial charge in [0.2, 0.25) is 5.91 Å². The van der Waals surface area contributed by atoms with Gasteiger partial charge in [-0.3, -0.25) is 4.79 Å². The van der Waals surface area contributed by atoms with Crippen molar-refractivity contribution in [1.82, 2.24) is 20.1 Å². The van der Waals surface area contributed by atoms with Crippen LogP contribution in [0.4, 0.5) is 0 Å². The van der Waals surface area contributed by atoms with Gasteiger partial charge in [0, 0.05) is 24.2 Å². The highest BCUT2D eigenvalue weighted by atomic mass is 35.5. The Kier molecular flexibility index (Phi) is 6.36. The van der Waals surface area contributed by atoms with Crippen molar-refractivity contribution < 1.29 is 9.53 Å². The molecule has 0 radical (unpaired) electrons. The highest BCUT2D eigenvalue weighted by molar-refractivity contribution is 7.99. The van der Waals surface area contributed by atoms with Crippen molar-refractivity contribution in [3.8, 4) is 17.1 Å². The summed E-state index contributed by atoms with van der Waals surface area (Å²) in [6.07, 6.45) is 0. The summed E-state index contributed by atoms with van der Waals surface area (Å²) < 4.78 is 7.04. The number of nitrogens with one attached hydrogen (secondary N) is 1. The Hall–Kier alpha value is -2.51. The van der Waals surface area contributed by atoms with Gasteiger partial charge in [0.15, 0.2) is 11.0 Å². The molecule has 0 aliphatic rings. The molecule has 1 N–H and O–H groups in total. The minimum atomic E-state index is -0.0658. The Bertz CT molecular complexity index is 910. The second kappa shape index (κ2) is 8.92. The van der Waals surface area contributed by atoms with Crippen LogP contribution >= 0.6 is 23.4 Å². The quantitative estimate of drug-likeness (QED) is 0.612. The number of hydrogen-bond acceptors (Lipinski definition) is 5. The molecule has 1 heterocycles. The Balaban J connectivity index is 1.55. The Labute approximate surface area is 166 Å². The minimum Gasteiger partial charge on any atom is -0.497 e. The SMILES string of the molecule is COc1ccc(-c2nnc(SCC(=O)NCc3ccc(Cl)cc3)n2C)cc1. The fourth-order valence-corrected chi connectivity index (χ4v) is 3.28. The topological polar surface area (TPSA) is 69.0 Å². The van der Waals surface area contributed by atoms with Crippen LogP contribution in [-0.2, 0) is 18.4 Å². The Morgan fingerprint density at radius 2 is 1.85 bits per heavy atom. The average Bonchev–Trinajstić information content (AvgIpc) is 3.06. The maximum absolute atomic E-state index is 12.1. The molecule has 27 heavy (non-hydrogen) atoms. The maximum atomic E-state index is 12.1. The smallest absolute Gasteiger partial charge is 0.230 e. The first kappa shape index (κ1) is 19.3. The summed E-state index contributed by atoms with van der Waals surface area (Å²) in [5.41, 5.74) is 1.93. The number of aromatic nitrogens is 3. The van der Waals surface area contributed by atoms with E-state index in [0.717, 1.165) is 22.7 Å². The number of amides is 1. The monoisotopic (exact) mass is 402 g/mol. The average molecular weight is 403 g/mol. The molecule has 0 fully saturated rings. The summed E-state index contributed by atoms with van der Waals surface area (Å²) in [4.78, 5) is 12.1. The van der Waals surface area contributed by atoms with E-state index in [-0.39, 0.29) is 11.7 Å². The van der Waals surface area contributed by atoms with Crippen LogP contribution in [0.3, 0.4) is 0 Å². The predicted molar refractivity (Wildman–Crippen MR) is 107 cm³/mol. The van der Waals surface area contributed by atoms with E-state index in [1.807, 2.05) is 48.0 Å². The van der Waals surface area contributed by atoms with Crippen molar-refractivity contribution in [3.63, 3.8) is 0 Å². The van der Waals surface area contributed by atoms with Crippen molar-refractivity contribution in [3.05, 3.63) is 59.1 Å². The van der Waals surface area contributed by atoms with Gasteiger partial charge in [0.25, 0.3) is 0 Å². The normalized spacial score (nSPS) is 10.6. The number of carbonyl (C=O) groups excluding carboxylic acids is 1. The molecule has 1 amide bonds. The lowest BCUT2D eigenvalue weighted by Gasteiger charge is -2.06. The molecule has 0 aliphatic heterocycles. The highest BCUT2D eigenvalue weighted by Crippen LogP contribution is 2.24. The maximum Gasteiger partial charge on any atom is 0.230 e. The number of halogens is 1. The predicted octanol–water partition coefficient (Wildman–Crippen LogP) is 3.55. The molecule has 2 aromatic carbocycles. The van der Waals surface area contributed by atoms with E-state index in [4.69, 9.17) is 16.3 Å². The first-order valence-corrected chi connectivity index (χ1v) is 9.61. The summed E-state index contributed by atoms with van der Waals surface area (Å²) in [6.45, 7) is 0.465. The highest BCUT2D eigenvalue weighted by Gasteiger charge is 2.13. The van der Waals surface area contributed by atoms with Gasteiger partial charge in [-0.25, -0.2) is 0 Å². The zero-order valence-electron chi connectivity index (χ0n) is 15.0. The van der Waals surface area contributed by atoms with Crippen molar-refractivity contribution in [2.45, 2.75) is 11.7 Å². The van der Waals surface area contributed by atoms with Crippen molar-refractivity contribution >= 4 is 29.3 Å². The molecular weight excluding hydrogens is 384 g/mol. The third-order valence-electron chi connectivity index (χ3n) is 3.92. The number of ether oxygens (including phenoxy) is 1. The summed E-state index contributed by atoms with van der Waals surface area (Å²) in [5.74, 6) is 1.72. The minimum absolute atomic E-state index is 0.0658. The van der Waals surface area contributed by atoms with Crippen molar-refractivity contribution in [2.75, 3.05) is 12.9 Å². The third kappa shape index (κ3) is 5.02. The van der Waals surface area contributed by atoms with E-state index in [1.165, 1.54) is 11.8 Å². The van der Waals surface area contributed by atoms with Gasteiger partial charge in [-0.1, -0.05) is 35.5 Å². The Morgan fingerprint density at radius 3 is 2.52 bits per heavy atom. The van der Waals surface area contributed by atoms with Gasteiger partial charge in [-0.05, 0) is 42.0 Å². The number of nitrogens with zero attached hydrogens (tertiary/aromatic N) is 3. The van der Waals surface area contributed by atoms with E-state index >= 15 is 0 Å². The lowest BCUT2D eigenvalue weighted by molar-refractivity contribution is -0.118. The molecule has 6 nitrogen and oxygen atoms in total. The molecule has 3 aromatic rings. The number of benzene rings is 2. The molecule has 8 heteroatoms. The Morgan fingerprint density at radius 1 is 1.15 bits per heavy atom. The molecule has 0 atom stereocenters. The molecule has 0 aliphatic carbocycles. The van der Waals surface area contributed by atoms with Crippen LogP contribution in [0.25, 0.3) is 11.4 Å². The number of carbonyl (C=O) groups is 1. The fraction of sp³-hybridized carbons (Fsp3) is 0.211. The summed E-state index contributed by atoms with van der Waals surface area (Å²) >= 11 is 7.20. The van der Waals surface area contributed by atoms with Gasteiger partial charge < -0.3 is 14.6 Å². The second-order valence-corrected chi connectivity index (χ2v) is 7.16. The van der Waals surface area contributed by atoms with Crippen LogP contribution in [0.1, 0.15) is 5.56 Å². The number of thioether (sulfide) groups is 1. The van der Waals surface area contributed by atoms with E-state index < -0.39 is 0 Å². The number of rotatable bonds is 7. The lowest BCUT2D eigenvalue weighted by Crippen LogP contribution is -2.24. The van der Waals surface area contributed by atoms with E-state index in [2.05, 4.69) is 15.5 Å². The first-order valence-electron chi connectivity index (χ1n) is 8.24. The standard InChI is InChI=1S/C19H19ClN4O2S/c1-24-18(14-5-9-16(26-2)10-6-14)22-23-19(24)27-12-17(25)21-11-13-3-7-15(20)8-4-13/h3-10H,11-12H2,1-2H3,(H,21,25). The van der Waals surface area contributed by atoms with E-state index in [1.54, 1.807) is 19.2 Å². The first-order chi connectivity index (χ1) is 13.1. The van der Waals surface area contributed by atoms with Gasteiger partial charge >= 0.3 is 0 Å². The van der Waals surface area contributed by atoms with Gasteiger partial charge in [-0.2, -0.15) is 0 Å². The summed E-state index contributed by atoms with van der Waals surface area (Å²) in [7, 11) is 3.51. The molecule has 1 aromatic heterocycles.